The van der Waals surface area contributed by atoms with Crippen LogP contribution in [0.3, 0.4) is 0 Å². The van der Waals surface area contributed by atoms with Crippen LogP contribution in [0, 0.1) is 0 Å². The SMILES string of the molecule is CC\C=C/C=C\C=C/C=C\C=C\C=C/C=C\CCCCCC(=O)OCC(COC(=O)CCCC/C=C\C/C=C\C/C=C\CC)OC(=O)CCCCCCCCC/C=C\CCCCCC. The Morgan fingerprint density at radius 2 is 0.688 bits per heavy atom. The van der Waals surface area contributed by atoms with Gasteiger partial charge in [-0.15, -0.1) is 0 Å². The fraction of sp³-hybridized carbons (Fsp3) is 0.569. The van der Waals surface area contributed by atoms with E-state index in [9.17, 15) is 14.4 Å². The molecule has 0 aromatic carbocycles. The highest BCUT2D eigenvalue weighted by Crippen LogP contribution is 2.13. The number of carbonyl (C=O) groups excluding carboxylic acids is 3. The van der Waals surface area contributed by atoms with Crippen LogP contribution in [0.4, 0.5) is 0 Å². The molecule has 0 saturated heterocycles. The highest BCUT2D eigenvalue weighted by Gasteiger charge is 2.19. The molecular weight excluding hydrogens is 793 g/mol. The summed E-state index contributed by atoms with van der Waals surface area (Å²) < 4.78 is 16.7. The zero-order valence-corrected chi connectivity index (χ0v) is 40.7. The molecule has 0 spiro atoms. The van der Waals surface area contributed by atoms with Crippen LogP contribution in [0.2, 0.25) is 0 Å². The Morgan fingerprint density at radius 3 is 1.20 bits per heavy atom. The summed E-state index contributed by atoms with van der Waals surface area (Å²) in [7, 11) is 0. The molecule has 1 atom stereocenters. The molecule has 0 saturated carbocycles. The van der Waals surface area contributed by atoms with Gasteiger partial charge < -0.3 is 14.2 Å². The Morgan fingerprint density at radius 1 is 0.344 bits per heavy atom. The minimum absolute atomic E-state index is 0.120. The molecule has 0 aliphatic carbocycles. The van der Waals surface area contributed by atoms with Gasteiger partial charge in [-0.2, -0.15) is 0 Å². The molecule has 0 aromatic heterocycles. The molecule has 0 amide bonds. The molecule has 0 bridgehead atoms. The minimum atomic E-state index is -0.819. The normalized spacial score (nSPS) is 13.2. The predicted octanol–water partition coefficient (Wildman–Crippen LogP) is 16.7. The lowest BCUT2D eigenvalue weighted by Gasteiger charge is -2.18. The van der Waals surface area contributed by atoms with E-state index in [1.54, 1.807) is 0 Å². The van der Waals surface area contributed by atoms with Gasteiger partial charge in [0.25, 0.3) is 0 Å². The van der Waals surface area contributed by atoms with Crippen LogP contribution in [-0.2, 0) is 28.6 Å². The Kier molecular flexibility index (Phi) is 47.6. The molecule has 64 heavy (non-hydrogen) atoms. The number of hydrogen-bond donors (Lipinski definition) is 0. The third-order valence-corrected chi connectivity index (χ3v) is 10.1. The third kappa shape index (κ3) is 48.6. The van der Waals surface area contributed by atoms with Crippen LogP contribution in [0.15, 0.2) is 134 Å². The lowest BCUT2D eigenvalue weighted by Crippen LogP contribution is -2.30. The zero-order chi connectivity index (χ0) is 46.5. The Labute approximate surface area is 392 Å². The molecule has 6 nitrogen and oxygen atoms in total. The maximum Gasteiger partial charge on any atom is 0.306 e. The highest BCUT2D eigenvalue weighted by atomic mass is 16.6. The van der Waals surface area contributed by atoms with E-state index < -0.39 is 6.10 Å². The van der Waals surface area contributed by atoms with Crippen LogP contribution in [-0.4, -0.2) is 37.2 Å². The van der Waals surface area contributed by atoms with E-state index in [1.807, 2.05) is 72.9 Å². The van der Waals surface area contributed by atoms with Gasteiger partial charge >= 0.3 is 17.9 Å². The number of allylic oxidation sites excluding steroid dienone is 22. The molecule has 0 fully saturated rings. The first-order valence-electron chi connectivity index (χ1n) is 25.3. The summed E-state index contributed by atoms with van der Waals surface area (Å²) in [6, 6.07) is 0. The molecule has 0 radical (unpaired) electrons. The molecule has 0 aromatic rings. The van der Waals surface area contributed by atoms with Gasteiger partial charge in [0.1, 0.15) is 13.2 Å². The third-order valence-electron chi connectivity index (χ3n) is 10.1. The summed E-state index contributed by atoms with van der Waals surface area (Å²) in [4.78, 5) is 37.9. The second kappa shape index (κ2) is 51.2. The largest absolute Gasteiger partial charge is 0.462 e. The number of ether oxygens (including phenoxy) is 3. The van der Waals surface area contributed by atoms with E-state index in [2.05, 4.69) is 81.5 Å². The van der Waals surface area contributed by atoms with Crippen LogP contribution in [0.25, 0.3) is 0 Å². The van der Waals surface area contributed by atoms with Crippen molar-refractivity contribution in [3.63, 3.8) is 0 Å². The number of hydrogen-bond acceptors (Lipinski definition) is 6. The number of carbonyl (C=O) groups is 3. The summed E-state index contributed by atoms with van der Waals surface area (Å²) in [6.45, 7) is 6.26. The lowest BCUT2D eigenvalue weighted by molar-refractivity contribution is -0.167. The average molecular weight is 883 g/mol. The van der Waals surface area contributed by atoms with Gasteiger partial charge in [0.2, 0.25) is 0 Å². The number of unbranched alkanes of at least 4 members (excludes halogenated alkanes) is 16. The molecule has 0 aliphatic rings. The van der Waals surface area contributed by atoms with Crippen LogP contribution in [0.1, 0.15) is 194 Å². The van der Waals surface area contributed by atoms with Gasteiger partial charge in [-0.05, 0) is 96.3 Å². The van der Waals surface area contributed by atoms with Crippen LogP contribution in [0.5, 0.6) is 0 Å². The van der Waals surface area contributed by atoms with Crippen molar-refractivity contribution in [2.75, 3.05) is 13.2 Å². The number of rotatable bonds is 43. The van der Waals surface area contributed by atoms with Gasteiger partial charge in [0.05, 0.1) is 0 Å². The van der Waals surface area contributed by atoms with Crippen molar-refractivity contribution in [2.45, 2.75) is 200 Å². The lowest BCUT2D eigenvalue weighted by atomic mass is 10.1. The molecular formula is C58H90O6. The standard InChI is InChI=1S/C58H90O6/c1-4-7-10-13-16-19-22-25-27-28-29-30-32-33-36-39-42-45-48-51-57(60)63-54-55(53-62-56(59)50-47-44-41-38-35-24-21-18-15-12-9-6-3)64-58(61)52-49-46-43-40-37-34-31-26-23-20-17-14-11-8-5-2/h7,9-10,12-13,16,18-23,25,27-30,32-33,35-36,38,55H,4-6,8,11,14-15,17,24,26,31,34,37,39-54H2,1-3H3/b10-7-,12-9-,16-13-,21-18-,22-19-,23-20-,27-25-,29-28+,32-30-,36-33-,38-35-. The van der Waals surface area contributed by atoms with E-state index in [1.165, 1.54) is 64.2 Å². The van der Waals surface area contributed by atoms with Crippen molar-refractivity contribution in [1.29, 1.82) is 0 Å². The van der Waals surface area contributed by atoms with Crippen LogP contribution >= 0.6 is 0 Å². The maximum absolute atomic E-state index is 12.8. The van der Waals surface area contributed by atoms with Crippen molar-refractivity contribution < 1.29 is 28.6 Å². The van der Waals surface area contributed by atoms with Crippen molar-refractivity contribution in [3.8, 4) is 0 Å². The van der Waals surface area contributed by atoms with Crippen molar-refractivity contribution in [2.24, 2.45) is 0 Å². The topological polar surface area (TPSA) is 78.9 Å². The smallest absolute Gasteiger partial charge is 0.306 e. The monoisotopic (exact) mass is 883 g/mol. The van der Waals surface area contributed by atoms with Gasteiger partial charge in [-0.1, -0.05) is 212 Å². The molecule has 0 heterocycles. The summed E-state index contributed by atoms with van der Waals surface area (Å²) in [5, 5.41) is 0. The molecule has 0 aliphatic heterocycles. The molecule has 358 valence electrons. The van der Waals surface area contributed by atoms with E-state index >= 15 is 0 Å². The second-order valence-corrected chi connectivity index (χ2v) is 16.1. The van der Waals surface area contributed by atoms with E-state index in [0.717, 1.165) is 83.5 Å². The van der Waals surface area contributed by atoms with Gasteiger partial charge in [-0.25, -0.2) is 0 Å². The molecule has 1 unspecified atom stereocenters. The van der Waals surface area contributed by atoms with E-state index in [0.29, 0.717) is 25.7 Å². The summed E-state index contributed by atoms with van der Waals surface area (Å²) in [6.07, 6.45) is 71.4. The zero-order valence-electron chi connectivity index (χ0n) is 40.7. The van der Waals surface area contributed by atoms with Crippen LogP contribution < -0.4 is 0 Å². The quantitative estimate of drug-likeness (QED) is 0.0200. The minimum Gasteiger partial charge on any atom is -0.462 e. The number of esters is 3. The van der Waals surface area contributed by atoms with Crippen molar-refractivity contribution in [3.05, 3.63) is 134 Å². The van der Waals surface area contributed by atoms with E-state index in [-0.39, 0.29) is 31.1 Å². The second-order valence-electron chi connectivity index (χ2n) is 16.1. The highest BCUT2D eigenvalue weighted by molar-refractivity contribution is 5.71. The first-order chi connectivity index (χ1) is 31.5. The van der Waals surface area contributed by atoms with Gasteiger partial charge in [-0.3, -0.25) is 14.4 Å². The first-order valence-corrected chi connectivity index (χ1v) is 25.3. The summed E-state index contributed by atoms with van der Waals surface area (Å²) in [5.74, 6) is -1.02. The van der Waals surface area contributed by atoms with Gasteiger partial charge in [0, 0.05) is 19.3 Å². The predicted molar refractivity (Wildman–Crippen MR) is 274 cm³/mol. The Balaban J connectivity index is 4.56. The summed E-state index contributed by atoms with van der Waals surface area (Å²) >= 11 is 0. The Bertz CT molecular complexity index is 1430. The average Bonchev–Trinajstić information content (AvgIpc) is 3.29. The fourth-order valence-corrected chi connectivity index (χ4v) is 6.31. The van der Waals surface area contributed by atoms with E-state index in [4.69, 9.17) is 14.2 Å². The van der Waals surface area contributed by atoms with Gasteiger partial charge in [0.15, 0.2) is 6.10 Å². The maximum atomic E-state index is 12.8. The van der Waals surface area contributed by atoms with Crippen molar-refractivity contribution >= 4 is 17.9 Å². The molecule has 0 rings (SSSR count). The fourth-order valence-electron chi connectivity index (χ4n) is 6.31. The van der Waals surface area contributed by atoms with Crippen molar-refractivity contribution in [1.82, 2.24) is 0 Å². The molecule has 0 N–H and O–H groups in total. The Hall–Kier alpha value is -4.45. The first kappa shape index (κ1) is 59.5. The summed E-state index contributed by atoms with van der Waals surface area (Å²) in [5.41, 5.74) is 0. The molecule has 6 heteroatoms.